The van der Waals surface area contributed by atoms with Crippen LogP contribution in [0.15, 0.2) is 48.5 Å². The lowest BCUT2D eigenvalue weighted by Gasteiger charge is -2.22. The summed E-state index contributed by atoms with van der Waals surface area (Å²) in [7, 11) is 0. The van der Waals surface area contributed by atoms with Gasteiger partial charge in [0.15, 0.2) is 0 Å². The summed E-state index contributed by atoms with van der Waals surface area (Å²) in [4.78, 5) is 23.3. The number of carbonyl (C=O) groups excluding carboxylic acids is 2. The number of nitrogens with one attached hydrogen (secondary N) is 3. The van der Waals surface area contributed by atoms with E-state index in [0.717, 1.165) is 22.9 Å². The second kappa shape index (κ2) is 9.12. The van der Waals surface area contributed by atoms with Crippen molar-refractivity contribution in [1.29, 1.82) is 0 Å². The molecular formula is C24H29N3O2. The molecule has 1 aliphatic carbocycles. The molecule has 0 spiro atoms. The molecule has 0 aromatic heterocycles. The van der Waals surface area contributed by atoms with Crippen molar-refractivity contribution in [3.8, 4) is 0 Å². The fourth-order valence-electron chi connectivity index (χ4n) is 4.27. The highest BCUT2D eigenvalue weighted by Crippen LogP contribution is 2.33. The molecule has 3 N–H and O–H groups in total. The normalized spacial score (nSPS) is 19.6. The van der Waals surface area contributed by atoms with E-state index < -0.39 is 0 Å². The van der Waals surface area contributed by atoms with Crippen molar-refractivity contribution in [2.75, 3.05) is 11.9 Å². The highest BCUT2D eigenvalue weighted by Gasteiger charge is 2.27. The summed E-state index contributed by atoms with van der Waals surface area (Å²) in [5, 5.41) is 9.05. The molecule has 5 heteroatoms. The van der Waals surface area contributed by atoms with Gasteiger partial charge in [0.25, 0.3) is 0 Å². The molecule has 1 saturated carbocycles. The Morgan fingerprint density at radius 1 is 0.931 bits per heavy atom. The van der Waals surface area contributed by atoms with E-state index in [0.29, 0.717) is 13.1 Å². The molecule has 2 amide bonds. The fraction of sp³-hybridized carbons (Fsp3) is 0.417. The maximum Gasteiger partial charge on any atom is 0.225 e. The van der Waals surface area contributed by atoms with Crippen LogP contribution in [0.3, 0.4) is 0 Å². The van der Waals surface area contributed by atoms with Crippen molar-refractivity contribution in [2.45, 2.75) is 51.0 Å². The van der Waals surface area contributed by atoms with Crippen LogP contribution >= 0.6 is 0 Å². The molecular weight excluding hydrogens is 362 g/mol. The Morgan fingerprint density at radius 3 is 2.21 bits per heavy atom. The van der Waals surface area contributed by atoms with Gasteiger partial charge >= 0.3 is 0 Å². The van der Waals surface area contributed by atoms with Gasteiger partial charge in [0.2, 0.25) is 11.8 Å². The highest BCUT2D eigenvalue weighted by molar-refractivity contribution is 5.89. The molecule has 1 saturated heterocycles. The summed E-state index contributed by atoms with van der Waals surface area (Å²) in [5.41, 5.74) is 4.61. The molecule has 2 aliphatic rings. The smallest absolute Gasteiger partial charge is 0.225 e. The zero-order chi connectivity index (χ0) is 20.1. The van der Waals surface area contributed by atoms with Crippen LogP contribution in [-0.2, 0) is 16.1 Å². The van der Waals surface area contributed by atoms with E-state index in [1.807, 2.05) is 24.3 Å². The van der Waals surface area contributed by atoms with E-state index in [1.165, 1.54) is 37.7 Å². The minimum absolute atomic E-state index is 0.0487. The maximum atomic E-state index is 12.1. The maximum absolute atomic E-state index is 12.1. The first-order valence-corrected chi connectivity index (χ1v) is 10.7. The van der Waals surface area contributed by atoms with Crippen molar-refractivity contribution in [2.24, 2.45) is 5.92 Å². The van der Waals surface area contributed by atoms with Crippen molar-refractivity contribution in [3.63, 3.8) is 0 Å². The Morgan fingerprint density at radius 2 is 1.59 bits per heavy atom. The Bertz CT molecular complexity index is 839. The Kier molecular flexibility index (Phi) is 6.13. The van der Waals surface area contributed by atoms with Gasteiger partial charge in [-0.25, -0.2) is 0 Å². The van der Waals surface area contributed by atoms with Crippen LogP contribution in [-0.4, -0.2) is 18.4 Å². The Hall–Kier alpha value is -2.82. The second-order valence-corrected chi connectivity index (χ2v) is 8.20. The number of anilines is 2. The standard InChI is InChI=1S/C24H29N3O2/c28-23-14-20(16-25-23)24(29)26-15-17-6-10-21(11-7-17)27-22-12-8-19(9-13-22)18-4-2-1-3-5-18/h6-13,18,20,27H,1-5,14-16H2,(H,25,28)(H,26,29). The van der Waals surface area contributed by atoms with Crippen LogP contribution in [0.1, 0.15) is 55.6 Å². The molecule has 1 atom stereocenters. The number of amides is 2. The Balaban J connectivity index is 1.27. The van der Waals surface area contributed by atoms with E-state index in [9.17, 15) is 9.59 Å². The molecule has 0 radical (unpaired) electrons. The lowest BCUT2D eigenvalue weighted by molar-refractivity contribution is -0.126. The zero-order valence-electron chi connectivity index (χ0n) is 16.7. The largest absolute Gasteiger partial charge is 0.356 e. The lowest BCUT2D eigenvalue weighted by atomic mass is 9.84. The number of benzene rings is 2. The summed E-state index contributed by atoms with van der Waals surface area (Å²) in [5.74, 6) is 0.362. The van der Waals surface area contributed by atoms with Crippen molar-refractivity contribution in [1.82, 2.24) is 10.6 Å². The molecule has 4 rings (SSSR count). The van der Waals surface area contributed by atoms with Gasteiger partial charge in [-0.1, -0.05) is 43.5 Å². The van der Waals surface area contributed by atoms with Crippen LogP contribution < -0.4 is 16.0 Å². The zero-order valence-corrected chi connectivity index (χ0v) is 16.7. The number of hydrogen-bond acceptors (Lipinski definition) is 3. The molecule has 152 valence electrons. The summed E-state index contributed by atoms with van der Waals surface area (Å²) < 4.78 is 0. The summed E-state index contributed by atoms with van der Waals surface area (Å²) in [6.07, 6.45) is 7.01. The molecule has 1 heterocycles. The average molecular weight is 392 g/mol. The third kappa shape index (κ3) is 5.17. The van der Waals surface area contributed by atoms with Crippen LogP contribution in [0, 0.1) is 5.92 Å². The van der Waals surface area contributed by atoms with Crippen LogP contribution in [0.5, 0.6) is 0 Å². The van der Waals surface area contributed by atoms with Gasteiger partial charge in [0.05, 0.1) is 5.92 Å². The van der Waals surface area contributed by atoms with Gasteiger partial charge in [0, 0.05) is 30.9 Å². The van der Waals surface area contributed by atoms with Crippen molar-refractivity contribution >= 4 is 23.2 Å². The highest BCUT2D eigenvalue weighted by atomic mass is 16.2. The van der Waals surface area contributed by atoms with Gasteiger partial charge in [-0.2, -0.15) is 0 Å². The monoisotopic (exact) mass is 391 g/mol. The molecule has 2 fully saturated rings. The van der Waals surface area contributed by atoms with Gasteiger partial charge in [0.1, 0.15) is 0 Å². The van der Waals surface area contributed by atoms with E-state index in [2.05, 4.69) is 40.2 Å². The first-order chi connectivity index (χ1) is 14.2. The predicted molar refractivity (Wildman–Crippen MR) is 115 cm³/mol. The lowest BCUT2D eigenvalue weighted by Crippen LogP contribution is -2.31. The molecule has 0 bridgehead atoms. The first-order valence-electron chi connectivity index (χ1n) is 10.7. The minimum Gasteiger partial charge on any atom is -0.356 e. The van der Waals surface area contributed by atoms with Gasteiger partial charge in [-0.05, 0) is 54.2 Å². The van der Waals surface area contributed by atoms with E-state index in [4.69, 9.17) is 0 Å². The molecule has 29 heavy (non-hydrogen) atoms. The molecule has 2 aromatic rings. The quantitative estimate of drug-likeness (QED) is 0.690. The van der Waals surface area contributed by atoms with Crippen LogP contribution in [0.25, 0.3) is 0 Å². The van der Waals surface area contributed by atoms with E-state index in [-0.39, 0.29) is 24.2 Å². The van der Waals surface area contributed by atoms with E-state index >= 15 is 0 Å². The first kappa shape index (κ1) is 19.5. The fourth-order valence-corrected chi connectivity index (χ4v) is 4.27. The summed E-state index contributed by atoms with van der Waals surface area (Å²) >= 11 is 0. The summed E-state index contributed by atoms with van der Waals surface area (Å²) in [6.45, 7) is 0.910. The second-order valence-electron chi connectivity index (χ2n) is 8.20. The number of hydrogen-bond donors (Lipinski definition) is 3. The predicted octanol–water partition coefficient (Wildman–Crippen LogP) is 4.23. The Labute approximate surface area is 172 Å². The van der Waals surface area contributed by atoms with Crippen LogP contribution in [0.2, 0.25) is 0 Å². The van der Waals surface area contributed by atoms with Gasteiger partial charge in [-0.15, -0.1) is 0 Å². The topological polar surface area (TPSA) is 70.2 Å². The molecule has 2 aromatic carbocycles. The van der Waals surface area contributed by atoms with E-state index in [1.54, 1.807) is 0 Å². The number of carbonyl (C=O) groups is 2. The SMILES string of the molecule is O=C1CC(C(=O)NCc2ccc(Nc3ccc(C4CCCCC4)cc3)cc2)CN1. The summed E-state index contributed by atoms with van der Waals surface area (Å²) in [6, 6.07) is 16.9. The minimum atomic E-state index is -0.250. The van der Waals surface area contributed by atoms with Gasteiger partial charge < -0.3 is 16.0 Å². The third-order valence-corrected chi connectivity index (χ3v) is 6.04. The average Bonchev–Trinajstić information content (AvgIpc) is 3.21. The number of rotatable bonds is 6. The van der Waals surface area contributed by atoms with Crippen LogP contribution in [0.4, 0.5) is 11.4 Å². The molecule has 5 nitrogen and oxygen atoms in total. The van der Waals surface area contributed by atoms with Gasteiger partial charge in [-0.3, -0.25) is 9.59 Å². The van der Waals surface area contributed by atoms with Crippen molar-refractivity contribution < 1.29 is 9.59 Å². The molecule has 1 unspecified atom stereocenters. The van der Waals surface area contributed by atoms with Crippen molar-refractivity contribution in [3.05, 3.63) is 59.7 Å². The molecule has 1 aliphatic heterocycles. The third-order valence-electron chi connectivity index (χ3n) is 6.04.